The summed E-state index contributed by atoms with van der Waals surface area (Å²) in [6, 6.07) is 17.7. The van der Waals surface area contributed by atoms with Gasteiger partial charge in [0.1, 0.15) is 11.5 Å². The maximum absolute atomic E-state index is 11.6. The number of primary amides is 1. The normalized spacial score (nSPS) is 15.4. The van der Waals surface area contributed by atoms with Crippen LogP contribution in [-0.4, -0.2) is 63.5 Å². The van der Waals surface area contributed by atoms with E-state index < -0.39 is 0 Å². The van der Waals surface area contributed by atoms with Gasteiger partial charge in [0.15, 0.2) is 0 Å². The summed E-state index contributed by atoms with van der Waals surface area (Å²) in [5.74, 6) is 1.83. The lowest BCUT2D eigenvalue weighted by atomic mass is 10.0. The number of ether oxygens (including phenoxy) is 1. The SMILES string of the molecule is CN1CCN(C(CCC(N)=O)c2cc(Oc3ccc4c(c3)nc(Nc3ccc(Br)cc3)n4C)ccn2)CC1. The molecule has 4 aromatic rings. The highest BCUT2D eigenvalue weighted by Gasteiger charge is 2.25. The number of pyridine rings is 1. The van der Waals surface area contributed by atoms with Gasteiger partial charge in [0, 0.05) is 68.1 Å². The van der Waals surface area contributed by atoms with E-state index in [4.69, 9.17) is 15.5 Å². The number of nitrogens with one attached hydrogen (secondary N) is 1. The van der Waals surface area contributed by atoms with E-state index in [0.29, 0.717) is 24.3 Å². The number of imidazole rings is 1. The number of nitrogens with two attached hydrogens (primary N) is 1. The number of anilines is 2. The minimum absolute atomic E-state index is 0.00487. The fourth-order valence-corrected chi connectivity index (χ4v) is 5.02. The van der Waals surface area contributed by atoms with Gasteiger partial charge in [-0.05, 0) is 55.9 Å². The van der Waals surface area contributed by atoms with Crippen LogP contribution in [0.3, 0.4) is 0 Å². The van der Waals surface area contributed by atoms with E-state index in [1.165, 1.54) is 0 Å². The molecule has 38 heavy (non-hydrogen) atoms. The standard InChI is InChI=1S/C28H32BrN7O2/c1-34-13-15-36(16-14-34)26(9-10-27(30)37)23-17-22(11-12-31-23)38-21-7-8-25-24(18-21)33-28(35(25)2)32-20-5-3-19(29)4-6-20/h3-8,11-12,17-18,26H,9-10,13-16H2,1-2H3,(H2,30,37)(H,32,33). The first-order valence-electron chi connectivity index (χ1n) is 12.7. The molecule has 198 valence electrons. The molecule has 1 unspecified atom stereocenters. The van der Waals surface area contributed by atoms with Crippen molar-refractivity contribution in [2.45, 2.75) is 18.9 Å². The molecule has 10 heteroatoms. The first kappa shape index (κ1) is 26.1. The third-order valence-corrected chi connectivity index (χ3v) is 7.45. The fourth-order valence-electron chi connectivity index (χ4n) is 4.76. The monoisotopic (exact) mass is 577 g/mol. The zero-order chi connectivity index (χ0) is 26.6. The Morgan fingerprint density at radius 3 is 2.53 bits per heavy atom. The zero-order valence-corrected chi connectivity index (χ0v) is 23.2. The molecule has 1 aliphatic heterocycles. The molecule has 0 bridgehead atoms. The number of carbonyl (C=O) groups is 1. The summed E-state index contributed by atoms with van der Waals surface area (Å²) in [6.07, 6.45) is 2.71. The number of fused-ring (bicyclic) bond motifs is 1. The smallest absolute Gasteiger partial charge is 0.217 e. The molecule has 0 saturated carbocycles. The van der Waals surface area contributed by atoms with Crippen molar-refractivity contribution in [1.82, 2.24) is 24.3 Å². The number of rotatable bonds is 9. The van der Waals surface area contributed by atoms with Crippen molar-refractivity contribution >= 4 is 44.5 Å². The predicted octanol–water partition coefficient (Wildman–Crippen LogP) is 4.82. The maximum atomic E-state index is 11.6. The van der Waals surface area contributed by atoms with Crippen molar-refractivity contribution in [2.75, 3.05) is 38.5 Å². The molecule has 9 nitrogen and oxygen atoms in total. The van der Waals surface area contributed by atoms with Crippen LogP contribution in [-0.2, 0) is 11.8 Å². The predicted molar refractivity (Wildman–Crippen MR) is 153 cm³/mol. The molecule has 1 fully saturated rings. The first-order chi connectivity index (χ1) is 18.4. The number of amides is 1. The van der Waals surface area contributed by atoms with Crippen LogP contribution in [0.15, 0.2) is 65.3 Å². The van der Waals surface area contributed by atoms with E-state index in [1.807, 2.05) is 66.2 Å². The molecule has 1 atom stereocenters. The van der Waals surface area contributed by atoms with Crippen LogP contribution in [0.5, 0.6) is 11.5 Å². The molecule has 1 saturated heterocycles. The van der Waals surface area contributed by atoms with Gasteiger partial charge in [-0.15, -0.1) is 0 Å². The van der Waals surface area contributed by atoms with Gasteiger partial charge in [0.2, 0.25) is 11.9 Å². The average molecular weight is 579 g/mol. The van der Waals surface area contributed by atoms with Crippen LogP contribution < -0.4 is 15.8 Å². The Morgan fingerprint density at radius 2 is 1.79 bits per heavy atom. The van der Waals surface area contributed by atoms with E-state index in [9.17, 15) is 4.79 Å². The fraction of sp³-hybridized carbons (Fsp3) is 0.321. The third kappa shape index (κ3) is 6.15. The summed E-state index contributed by atoms with van der Waals surface area (Å²) in [5, 5.41) is 3.37. The van der Waals surface area contributed by atoms with E-state index in [-0.39, 0.29) is 11.9 Å². The largest absolute Gasteiger partial charge is 0.457 e. The molecule has 0 aliphatic carbocycles. The Kier molecular flexibility index (Phi) is 7.92. The first-order valence-corrected chi connectivity index (χ1v) is 13.5. The lowest BCUT2D eigenvalue weighted by molar-refractivity contribution is -0.118. The van der Waals surface area contributed by atoms with Gasteiger partial charge >= 0.3 is 0 Å². The van der Waals surface area contributed by atoms with Gasteiger partial charge in [0.25, 0.3) is 0 Å². The third-order valence-electron chi connectivity index (χ3n) is 6.93. The molecule has 0 radical (unpaired) electrons. The molecular formula is C28H32BrN7O2. The summed E-state index contributed by atoms with van der Waals surface area (Å²) in [7, 11) is 4.11. The van der Waals surface area contributed by atoms with Crippen molar-refractivity contribution in [3.63, 3.8) is 0 Å². The van der Waals surface area contributed by atoms with Crippen molar-refractivity contribution in [3.8, 4) is 11.5 Å². The van der Waals surface area contributed by atoms with Crippen LogP contribution in [0.2, 0.25) is 0 Å². The number of aryl methyl sites for hydroxylation is 1. The van der Waals surface area contributed by atoms with Gasteiger partial charge in [0.05, 0.1) is 22.8 Å². The number of hydrogen-bond acceptors (Lipinski definition) is 7. The van der Waals surface area contributed by atoms with E-state index in [0.717, 1.165) is 59.0 Å². The van der Waals surface area contributed by atoms with Gasteiger partial charge in [-0.1, -0.05) is 15.9 Å². The summed E-state index contributed by atoms with van der Waals surface area (Å²) >= 11 is 3.47. The molecule has 1 aliphatic rings. The number of hydrogen-bond donors (Lipinski definition) is 2. The molecule has 2 aromatic carbocycles. The molecule has 2 aromatic heterocycles. The van der Waals surface area contributed by atoms with Crippen LogP contribution in [0, 0.1) is 0 Å². The van der Waals surface area contributed by atoms with Gasteiger partial charge in [-0.2, -0.15) is 0 Å². The second kappa shape index (κ2) is 11.5. The Bertz CT molecular complexity index is 1410. The number of benzene rings is 2. The summed E-state index contributed by atoms with van der Waals surface area (Å²) < 4.78 is 9.30. The average Bonchev–Trinajstić information content (AvgIpc) is 3.21. The Labute approximate surface area is 230 Å². The number of halogens is 1. The van der Waals surface area contributed by atoms with Gasteiger partial charge < -0.3 is 25.3 Å². The molecule has 3 N–H and O–H groups in total. The minimum Gasteiger partial charge on any atom is -0.457 e. The van der Waals surface area contributed by atoms with E-state index >= 15 is 0 Å². The topological polar surface area (TPSA) is 102 Å². The summed E-state index contributed by atoms with van der Waals surface area (Å²) in [6.45, 7) is 3.79. The van der Waals surface area contributed by atoms with E-state index in [1.54, 1.807) is 6.20 Å². The molecule has 0 spiro atoms. The molecule has 1 amide bonds. The minimum atomic E-state index is -0.297. The Balaban J connectivity index is 1.35. The van der Waals surface area contributed by atoms with Gasteiger partial charge in [-0.25, -0.2) is 4.98 Å². The van der Waals surface area contributed by atoms with Crippen molar-refractivity contribution in [1.29, 1.82) is 0 Å². The number of nitrogens with zero attached hydrogens (tertiary/aromatic N) is 5. The van der Waals surface area contributed by atoms with Crippen LogP contribution in [0.1, 0.15) is 24.6 Å². The number of likely N-dealkylation sites (N-methyl/N-ethyl adjacent to an activating group) is 1. The number of piperazine rings is 1. The van der Waals surface area contributed by atoms with Crippen molar-refractivity contribution in [3.05, 3.63) is 71.0 Å². The van der Waals surface area contributed by atoms with Crippen molar-refractivity contribution < 1.29 is 9.53 Å². The van der Waals surface area contributed by atoms with E-state index in [2.05, 4.69) is 43.1 Å². The zero-order valence-electron chi connectivity index (χ0n) is 21.6. The Morgan fingerprint density at radius 1 is 1.05 bits per heavy atom. The van der Waals surface area contributed by atoms with Crippen LogP contribution in [0.4, 0.5) is 11.6 Å². The molecule has 3 heterocycles. The lowest BCUT2D eigenvalue weighted by Gasteiger charge is -2.37. The van der Waals surface area contributed by atoms with Crippen LogP contribution >= 0.6 is 15.9 Å². The quantitative estimate of drug-likeness (QED) is 0.294. The van der Waals surface area contributed by atoms with Gasteiger partial charge in [-0.3, -0.25) is 14.7 Å². The Hall–Kier alpha value is -3.47. The highest BCUT2D eigenvalue weighted by Crippen LogP contribution is 2.31. The number of carbonyl (C=O) groups excluding carboxylic acids is 1. The lowest BCUT2D eigenvalue weighted by Crippen LogP contribution is -2.46. The van der Waals surface area contributed by atoms with Crippen LogP contribution in [0.25, 0.3) is 11.0 Å². The maximum Gasteiger partial charge on any atom is 0.217 e. The molecular weight excluding hydrogens is 546 g/mol. The molecule has 5 rings (SSSR count). The summed E-state index contributed by atoms with van der Waals surface area (Å²) in [5.41, 5.74) is 9.15. The van der Waals surface area contributed by atoms with Crippen molar-refractivity contribution in [2.24, 2.45) is 12.8 Å². The highest BCUT2D eigenvalue weighted by atomic mass is 79.9. The number of aromatic nitrogens is 3. The second-order valence-corrected chi connectivity index (χ2v) is 10.6. The summed E-state index contributed by atoms with van der Waals surface area (Å²) in [4.78, 5) is 25.7. The highest BCUT2D eigenvalue weighted by molar-refractivity contribution is 9.10. The second-order valence-electron chi connectivity index (χ2n) is 9.66.